The van der Waals surface area contributed by atoms with E-state index in [1.165, 1.54) is 24.2 Å². The Hall–Kier alpha value is -0.610. The second-order valence-corrected chi connectivity index (χ2v) is 5.57. The predicted octanol–water partition coefficient (Wildman–Crippen LogP) is 2.38. The molecule has 0 saturated carbocycles. The summed E-state index contributed by atoms with van der Waals surface area (Å²) >= 11 is 1.99. The van der Waals surface area contributed by atoms with Gasteiger partial charge in [-0.2, -0.15) is 11.8 Å². The summed E-state index contributed by atoms with van der Waals surface area (Å²) in [6, 6.07) is 0. The van der Waals surface area contributed by atoms with Gasteiger partial charge >= 0.3 is 0 Å². The van der Waals surface area contributed by atoms with E-state index in [1.54, 1.807) is 0 Å². The van der Waals surface area contributed by atoms with Gasteiger partial charge < -0.3 is 5.32 Å². The van der Waals surface area contributed by atoms with Crippen LogP contribution >= 0.6 is 11.8 Å². The first-order valence-electron chi connectivity index (χ1n) is 5.82. The summed E-state index contributed by atoms with van der Waals surface area (Å²) in [5, 5.41) is 3.70. The van der Waals surface area contributed by atoms with Gasteiger partial charge in [0.2, 0.25) is 0 Å². The molecule has 1 atom stereocenters. The van der Waals surface area contributed by atoms with Crippen molar-refractivity contribution in [3.05, 3.63) is 22.8 Å². The normalized spacial score (nSPS) is 20.3. The number of nitrogens with one attached hydrogen (secondary N) is 1. The average molecular weight is 237 g/mol. The number of hydrogen-bond donors (Lipinski definition) is 1. The largest absolute Gasteiger partial charge is 0.316 e. The number of hydrogen-bond acceptors (Lipinski definition) is 4. The predicted molar refractivity (Wildman–Crippen MR) is 68.7 cm³/mol. The number of thioether (sulfide) groups is 1. The molecule has 1 saturated heterocycles. The minimum absolute atomic E-state index is 0.529. The molecule has 1 unspecified atom stereocenters. The summed E-state index contributed by atoms with van der Waals surface area (Å²) < 4.78 is 0. The number of nitrogens with zero attached hydrogens (tertiary/aromatic N) is 2. The van der Waals surface area contributed by atoms with Crippen LogP contribution in [-0.4, -0.2) is 22.8 Å². The average Bonchev–Trinajstić information content (AvgIpc) is 2.76. The third-order valence-corrected chi connectivity index (χ3v) is 4.38. The van der Waals surface area contributed by atoms with E-state index in [2.05, 4.69) is 29.1 Å². The zero-order valence-electron chi connectivity index (χ0n) is 10.2. The standard InChI is InChI=1S/C12H19N3S/c1-8-10(7-13-3)9(2)15-12(14-8)11-5-4-6-16-11/h11,13H,4-7H2,1-3H3. The lowest BCUT2D eigenvalue weighted by Gasteiger charge is -2.13. The molecule has 3 nitrogen and oxygen atoms in total. The molecule has 4 heteroatoms. The molecule has 0 radical (unpaired) electrons. The lowest BCUT2D eigenvalue weighted by atomic mass is 10.1. The fourth-order valence-corrected chi connectivity index (χ4v) is 3.33. The van der Waals surface area contributed by atoms with Gasteiger partial charge in [0.05, 0.1) is 5.25 Å². The first-order valence-corrected chi connectivity index (χ1v) is 6.87. The van der Waals surface area contributed by atoms with Gasteiger partial charge in [0.25, 0.3) is 0 Å². The highest BCUT2D eigenvalue weighted by Gasteiger charge is 2.21. The lowest BCUT2D eigenvalue weighted by molar-refractivity contribution is 0.736. The Morgan fingerprint density at radius 3 is 2.50 bits per heavy atom. The van der Waals surface area contributed by atoms with Gasteiger partial charge in [-0.05, 0) is 39.5 Å². The van der Waals surface area contributed by atoms with Crippen LogP contribution in [0.3, 0.4) is 0 Å². The fourth-order valence-electron chi connectivity index (χ4n) is 2.12. The number of rotatable bonds is 3. The Morgan fingerprint density at radius 2 is 2.00 bits per heavy atom. The molecule has 0 amide bonds. The van der Waals surface area contributed by atoms with Crippen LogP contribution in [0.2, 0.25) is 0 Å². The summed E-state index contributed by atoms with van der Waals surface area (Å²) in [6.45, 7) is 5.03. The minimum Gasteiger partial charge on any atom is -0.316 e. The summed E-state index contributed by atoms with van der Waals surface area (Å²) in [6.07, 6.45) is 2.53. The second-order valence-electron chi connectivity index (χ2n) is 4.26. The van der Waals surface area contributed by atoms with Gasteiger partial charge in [-0.25, -0.2) is 9.97 Å². The van der Waals surface area contributed by atoms with Crippen molar-refractivity contribution in [1.82, 2.24) is 15.3 Å². The van der Waals surface area contributed by atoms with Crippen LogP contribution in [0.25, 0.3) is 0 Å². The van der Waals surface area contributed by atoms with Gasteiger partial charge in [0.15, 0.2) is 0 Å². The Bertz CT molecular complexity index is 350. The summed E-state index contributed by atoms with van der Waals surface area (Å²) in [4.78, 5) is 9.33. The molecule has 1 aliphatic heterocycles. The van der Waals surface area contributed by atoms with E-state index in [1.807, 2.05) is 18.8 Å². The molecule has 1 N–H and O–H groups in total. The SMILES string of the molecule is CNCc1c(C)nc(C2CCCS2)nc1C. The molecule has 2 rings (SSSR count). The lowest BCUT2D eigenvalue weighted by Crippen LogP contribution is -2.13. The molecule has 1 aromatic rings. The molecule has 0 spiro atoms. The Kier molecular flexibility index (Phi) is 3.82. The Labute approximate surface area is 101 Å². The van der Waals surface area contributed by atoms with Crippen LogP contribution in [0, 0.1) is 13.8 Å². The summed E-state index contributed by atoms with van der Waals surface area (Å²) in [7, 11) is 1.96. The zero-order chi connectivity index (χ0) is 11.5. The van der Waals surface area contributed by atoms with Crippen molar-refractivity contribution in [3.63, 3.8) is 0 Å². The molecule has 0 aliphatic carbocycles. The maximum Gasteiger partial charge on any atom is 0.141 e. The summed E-state index contributed by atoms with van der Waals surface area (Å²) in [5.41, 5.74) is 3.50. The van der Waals surface area contributed by atoms with Crippen molar-refractivity contribution in [2.24, 2.45) is 0 Å². The van der Waals surface area contributed by atoms with Crippen molar-refractivity contribution in [1.29, 1.82) is 0 Å². The molecule has 1 aromatic heterocycles. The third kappa shape index (κ3) is 2.38. The van der Waals surface area contributed by atoms with Crippen molar-refractivity contribution < 1.29 is 0 Å². The number of aryl methyl sites for hydroxylation is 2. The first kappa shape index (κ1) is 11.9. The highest BCUT2D eigenvalue weighted by Crippen LogP contribution is 2.38. The van der Waals surface area contributed by atoms with Crippen LogP contribution in [0.15, 0.2) is 0 Å². The quantitative estimate of drug-likeness (QED) is 0.876. The molecule has 0 aromatic carbocycles. The van der Waals surface area contributed by atoms with E-state index in [-0.39, 0.29) is 0 Å². The molecular formula is C12H19N3S. The van der Waals surface area contributed by atoms with E-state index in [4.69, 9.17) is 0 Å². The molecule has 88 valence electrons. The highest BCUT2D eigenvalue weighted by molar-refractivity contribution is 7.99. The van der Waals surface area contributed by atoms with E-state index in [0.717, 1.165) is 23.8 Å². The van der Waals surface area contributed by atoms with E-state index in [9.17, 15) is 0 Å². The van der Waals surface area contributed by atoms with Crippen LogP contribution < -0.4 is 5.32 Å². The maximum absolute atomic E-state index is 4.66. The second kappa shape index (κ2) is 5.15. The van der Waals surface area contributed by atoms with Crippen molar-refractivity contribution >= 4 is 11.8 Å². The van der Waals surface area contributed by atoms with Crippen LogP contribution in [-0.2, 0) is 6.54 Å². The van der Waals surface area contributed by atoms with Gasteiger partial charge in [0.1, 0.15) is 5.82 Å². The van der Waals surface area contributed by atoms with E-state index < -0.39 is 0 Å². The van der Waals surface area contributed by atoms with Crippen LogP contribution in [0.5, 0.6) is 0 Å². The van der Waals surface area contributed by atoms with Crippen molar-refractivity contribution in [3.8, 4) is 0 Å². The third-order valence-electron chi connectivity index (χ3n) is 3.01. The van der Waals surface area contributed by atoms with Gasteiger partial charge in [-0.3, -0.25) is 0 Å². The van der Waals surface area contributed by atoms with Crippen molar-refractivity contribution in [2.45, 2.75) is 38.5 Å². The fraction of sp³-hybridized carbons (Fsp3) is 0.667. The van der Waals surface area contributed by atoms with E-state index >= 15 is 0 Å². The first-order chi connectivity index (χ1) is 7.72. The molecular weight excluding hydrogens is 218 g/mol. The highest BCUT2D eigenvalue weighted by atomic mass is 32.2. The molecule has 0 bridgehead atoms. The summed E-state index contributed by atoms with van der Waals surface area (Å²) in [5.74, 6) is 2.29. The number of aromatic nitrogens is 2. The molecule has 16 heavy (non-hydrogen) atoms. The smallest absolute Gasteiger partial charge is 0.141 e. The topological polar surface area (TPSA) is 37.8 Å². The van der Waals surface area contributed by atoms with Crippen LogP contribution in [0.1, 0.15) is 40.9 Å². The Balaban J connectivity index is 2.28. The van der Waals surface area contributed by atoms with Gasteiger partial charge in [0, 0.05) is 23.5 Å². The molecule has 1 fully saturated rings. The van der Waals surface area contributed by atoms with E-state index in [0.29, 0.717) is 5.25 Å². The van der Waals surface area contributed by atoms with Gasteiger partial charge in [-0.1, -0.05) is 0 Å². The molecule has 1 aliphatic rings. The zero-order valence-corrected chi connectivity index (χ0v) is 11.0. The van der Waals surface area contributed by atoms with Crippen LogP contribution in [0.4, 0.5) is 0 Å². The Morgan fingerprint density at radius 1 is 1.31 bits per heavy atom. The maximum atomic E-state index is 4.66. The monoisotopic (exact) mass is 237 g/mol. The van der Waals surface area contributed by atoms with Gasteiger partial charge in [-0.15, -0.1) is 0 Å². The minimum atomic E-state index is 0.529. The van der Waals surface area contributed by atoms with Crippen molar-refractivity contribution in [2.75, 3.05) is 12.8 Å². The molecule has 2 heterocycles.